The first-order chi connectivity index (χ1) is 13.3. The lowest BCUT2D eigenvalue weighted by atomic mass is 10.1. The van der Waals surface area contributed by atoms with Crippen molar-refractivity contribution >= 4 is 23.0 Å². The van der Waals surface area contributed by atoms with E-state index < -0.39 is 0 Å². The monoisotopic (exact) mass is 365 g/mol. The molecule has 2 aromatic carbocycles. The molecule has 0 aliphatic carbocycles. The Bertz CT molecular complexity index is 746. The van der Waals surface area contributed by atoms with E-state index in [9.17, 15) is 4.79 Å². The molecule has 2 saturated heterocycles. The molecule has 2 aromatic rings. The second kappa shape index (κ2) is 8.44. The average molecular weight is 365 g/mol. The van der Waals surface area contributed by atoms with Crippen molar-refractivity contribution in [2.24, 2.45) is 0 Å². The minimum absolute atomic E-state index is 0.0701. The van der Waals surface area contributed by atoms with Crippen LogP contribution in [0.1, 0.15) is 29.6 Å². The molecule has 5 nitrogen and oxygen atoms in total. The van der Waals surface area contributed by atoms with E-state index in [-0.39, 0.29) is 5.91 Å². The van der Waals surface area contributed by atoms with Crippen molar-refractivity contribution in [2.75, 3.05) is 54.5 Å². The minimum atomic E-state index is -0.0701. The summed E-state index contributed by atoms with van der Waals surface area (Å²) in [4.78, 5) is 17.2. The quantitative estimate of drug-likeness (QED) is 0.896. The zero-order valence-corrected chi connectivity index (χ0v) is 15.7. The summed E-state index contributed by atoms with van der Waals surface area (Å²) in [7, 11) is 0. The molecule has 0 radical (unpaired) electrons. The molecule has 0 bridgehead atoms. The number of amides is 1. The molecule has 0 unspecified atom stereocenters. The SMILES string of the molecule is O=C(Nc1ccc(N2CCOCC2)cc1)c1ccc(N2CCCCC2)cc1. The van der Waals surface area contributed by atoms with Crippen LogP contribution in [0.15, 0.2) is 48.5 Å². The second-order valence-corrected chi connectivity index (χ2v) is 7.20. The topological polar surface area (TPSA) is 44.8 Å². The van der Waals surface area contributed by atoms with Crippen LogP contribution in [0.25, 0.3) is 0 Å². The summed E-state index contributed by atoms with van der Waals surface area (Å²) in [5, 5.41) is 2.99. The van der Waals surface area contributed by atoms with Gasteiger partial charge in [-0.2, -0.15) is 0 Å². The highest BCUT2D eigenvalue weighted by Crippen LogP contribution is 2.22. The van der Waals surface area contributed by atoms with Crippen molar-refractivity contribution in [3.8, 4) is 0 Å². The van der Waals surface area contributed by atoms with Gasteiger partial charge in [-0.1, -0.05) is 0 Å². The maximum Gasteiger partial charge on any atom is 0.255 e. The van der Waals surface area contributed by atoms with Gasteiger partial charge in [0.1, 0.15) is 0 Å². The predicted octanol–water partition coefficient (Wildman–Crippen LogP) is 3.77. The zero-order chi connectivity index (χ0) is 18.5. The lowest BCUT2D eigenvalue weighted by molar-refractivity contribution is 0.102. The fraction of sp³-hybridized carbons (Fsp3) is 0.409. The molecular weight excluding hydrogens is 338 g/mol. The van der Waals surface area contributed by atoms with Crippen LogP contribution in [0, 0.1) is 0 Å². The summed E-state index contributed by atoms with van der Waals surface area (Å²) >= 11 is 0. The Morgan fingerprint density at radius 3 is 1.93 bits per heavy atom. The first kappa shape index (κ1) is 17.9. The molecule has 27 heavy (non-hydrogen) atoms. The summed E-state index contributed by atoms with van der Waals surface area (Å²) in [6.07, 6.45) is 3.83. The smallest absolute Gasteiger partial charge is 0.255 e. The van der Waals surface area contributed by atoms with Gasteiger partial charge in [0.25, 0.3) is 5.91 Å². The summed E-state index contributed by atoms with van der Waals surface area (Å²) in [5.41, 5.74) is 3.88. The highest BCUT2D eigenvalue weighted by molar-refractivity contribution is 6.04. The lowest BCUT2D eigenvalue weighted by Crippen LogP contribution is -2.36. The third-order valence-corrected chi connectivity index (χ3v) is 5.35. The number of nitrogens with zero attached hydrogens (tertiary/aromatic N) is 2. The summed E-state index contributed by atoms with van der Waals surface area (Å²) in [5.74, 6) is -0.0701. The Morgan fingerprint density at radius 1 is 0.741 bits per heavy atom. The minimum Gasteiger partial charge on any atom is -0.378 e. The van der Waals surface area contributed by atoms with E-state index in [0.29, 0.717) is 5.56 Å². The highest BCUT2D eigenvalue weighted by Gasteiger charge is 2.13. The fourth-order valence-electron chi connectivity index (χ4n) is 3.76. The average Bonchev–Trinajstić information content (AvgIpc) is 2.76. The van der Waals surface area contributed by atoms with Gasteiger partial charge >= 0.3 is 0 Å². The molecular formula is C22H27N3O2. The van der Waals surface area contributed by atoms with Crippen LogP contribution in [-0.2, 0) is 4.74 Å². The van der Waals surface area contributed by atoms with Gasteiger partial charge in [0.15, 0.2) is 0 Å². The number of ether oxygens (including phenoxy) is 1. The number of piperidine rings is 1. The van der Waals surface area contributed by atoms with Gasteiger partial charge in [-0.3, -0.25) is 4.79 Å². The van der Waals surface area contributed by atoms with Gasteiger partial charge in [0, 0.05) is 48.8 Å². The number of carbonyl (C=O) groups is 1. The second-order valence-electron chi connectivity index (χ2n) is 7.20. The van der Waals surface area contributed by atoms with Gasteiger partial charge in [0.05, 0.1) is 13.2 Å². The van der Waals surface area contributed by atoms with Crippen molar-refractivity contribution in [1.29, 1.82) is 0 Å². The Labute approximate surface area is 160 Å². The van der Waals surface area contributed by atoms with Gasteiger partial charge in [0.2, 0.25) is 0 Å². The number of morpholine rings is 1. The number of hydrogen-bond donors (Lipinski definition) is 1. The summed E-state index contributed by atoms with van der Waals surface area (Å²) < 4.78 is 5.39. The maximum atomic E-state index is 12.5. The van der Waals surface area contributed by atoms with Crippen LogP contribution < -0.4 is 15.1 Å². The van der Waals surface area contributed by atoms with Crippen LogP contribution in [0.5, 0.6) is 0 Å². The van der Waals surface area contributed by atoms with Crippen molar-refractivity contribution in [2.45, 2.75) is 19.3 Å². The normalized spacial score (nSPS) is 17.6. The van der Waals surface area contributed by atoms with Crippen LogP contribution in [0.3, 0.4) is 0 Å². The molecule has 5 heteroatoms. The first-order valence-electron chi connectivity index (χ1n) is 9.89. The molecule has 2 fully saturated rings. The lowest BCUT2D eigenvalue weighted by Gasteiger charge is -2.29. The molecule has 0 saturated carbocycles. The van der Waals surface area contributed by atoms with Crippen LogP contribution in [0.2, 0.25) is 0 Å². The molecule has 2 aliphatic rings. The first-order valence-corrected chi connectivity index (χ1v) is 9.89. The van der Waals surface area contributed by atoms with E-state index >= 15 is 0 Å². The van der Waals surface area contributed by atoms with Crippen molar-refractivity contribution in [1.82, 2.24) is 0 Å². The van der Waals surface area contributed by atoms with Gasteiger partial charge < -0.3 is 19.9 Å². The van der Waals surface area contributed by atoms with E-state index in [1.165, 1.54) is 30.6 Å². The number of rotatable bonds is 4. The largest absolute Gasteiger partial charge is 0.378 e. The highest BCUT2D eigenvalue weighted by atomic mass is 16.5. The number of benzene rings is 2. The molecule has 0 atom stereocenters. The van der Waals surface area contributed by atoms with Crippen molar-refractivity contribution in [3.63, 3.8) is 0 Å². The molecule has 2 heterocycles. The van der Waals surface area contributed by atoms with Crippen LogP contribution >= 0.6 is 0 Å². The van der Waals surface area contributed by atoms with E-state index in [0.717, 1.165) is 45.1 Å². The molecule has 1 amide bonds. The van der Waals surface area contributed by atoms with Crippen LogP contribution in [0.4, 0.5) is 17.1 Å². The number of nitrogens with one attached hydrogen (secondary N) is 1. The number of carbonyl (C=O) groups excluding carboxylic acids is 1. The van der Waals surface area contributed by atoms with E-state index in [1.54, 1.807) is 0 Å². The van der Waals surface area contributed by atoms with Gasteiger partial charge in [-0.25, -0.2) is 0 Å². The van der Waals surface area contributed by atoms with E-state index in [2.05, 4.69) is 39.4 Å². The summed E-state index contributed by atoms with van der Waals surface area (Å²) in [6.45, 7) is 5.59. The zero-order valence-electron chi connectivity index (χ0n) is 15.7. The van der Waals surface area contributed by atoms with Gasteiger partial charge in [-0.05, 0) is 67.8 Å². The number of anilines is 3. The Morgan fingerprint density at radius 2 is 1.30 bits per heavy atom. The molecule has 1 N–H and O–H groups in total. The third kappa shape index (κ3) is 4.42. The molecule has 4 rings (SSSR count). The molecule has 0 spiro atoms. The Balaban J connectivity index is 1.36. The Hall–Kier alpha value is -2.53. The van der Waals surface area contributed by atoms with Crippen molar-refractivity contribution < 1.29 is 9.53 Å². The Kier molecular flexibility index (Phi) is 5.58. The standard InChI is InChI=1S/C22H27N3O2/c26-22(18-4-8-20(9-5-18)24-12-2-1-3-13-24)23-19-6-10-21(11-7-19)25-14-16-27-17-15-25/h4-11H,1-3,12-17H2,(H,23,26). The van der Waals surface area contributed by atoms with Crippen LogP contribution in [-0.4, -0.2) is 45.3 Å². The molecule has 0 aromatic heterocycles. The van der Waals surface area contributed by atoms with E-state index in [1.807, 2.05) is 24.3 Å². The fourth-order valence-corrected chi connectivity index (χ4v) is 3.76. The van der Waals surface area contributed by atoms with Crippen molar-refractivity contribution in [3.05, 3.63) is 54.1 Å². The van der Waals surface area contributed by atoms with Gasteiger partial charge in [-0.15, -0.1) is 0 Å². The third-order valence-electron chi connectivity index (χ3n) is 5.35. The van der Waals surface area contributed by atoms with E-state index in [4.69, 9.17) is 4.74 Å². The number of hydrogen-bond acceptors (Lipinski definition) is 4. The maximum absolute atomic E-state index is 12.5. The molecule has 2 aliphatic heterocycles. The predicted molar refractivity (Wildman–Crippen MR) is 110 cm³/mol. The molecule has 142 valence electrons. The summed E-state index contributed by atoms with van der Waals surface area (Å²) in [6, 6.07) is 16.0.